The summed E-state index contributed by atoms with van der Waals surface area (Å²) in [6.45, 7) is 5.95. The summed E-state index contributed by atoms with van der Waals surface area (Å²) in [5, 5.41) is 0. The number of esters is 8. The van der Waals surface area contributed by atoms with Gasteiger partial charge < -0.3 is 18.9 Å². The summed E-state index contributed by atoms with van der Waals surface area (Å²) in [5.74, 6) is -7.69. The number of carbonyl (C=O) groups is 8. The second-order valence-electron chi connectivity index (χ2n) is 10.2. The monoisotopic (exact) mass is 492 g/mol. The summed E-state index contributed by atoms with van der Waals surface area (Å²) < 4.78 is 18.4. The van der Waals surface area contributed by atoms with Gasteiger partial charge in [0.2, 0.25) is 0 Å². The quantitative estimate of drug-likeness (QED) is 0.256. The van der Waals surface area contributed by atoms with Crippen LogP contribution in [0.3, 0.4) is 0 Å². The Morgan fingerprint density at radius 2 is 0.657 bits per heavy atom. The van der Waals surface area contributed by atoms with Crippen LogP contribution in [-0.4, -0.2) is 47.8 Å². The Bertz CT molecular complexity index is 979. The van der Waals surface area contributed by atoms with Gasteiger partial charge in [-0.25, -0.2) is 0 Å². The van der Waals surface area contributed by atoms with Gasteiger partial charge in [-0.1, -0.05) is 7.43 Å². The molecule has 35 heavy (non-hydrogen) atoms. The first-order chi connectivity index (χ1) is 15.7. The maximum Gasteiger partial charge on any atom is 0.321 e. The molecule has 0 aromatic heterocycles. The van der Waals surface area contributed by atoms with Crippen molar-refractivity contribution < 1.29 is 57.3 Å². The smallest absolute Gasteiger partial charge is 0.321 e. The Balaban J connectivity index is 0.000000161. The molecule has 0 bridgehead atoms. The molecule has 2 saturated carbocycles. The normalized spacial score (nSPS) is 46.5. The minimum atomic E-state index is -1.35. The third kappa shape index (κ3) is 2.28. The van der Waals surface area contributed by atoms with E-state index in [1.807, 2.05) is 0 Å². The largest absolute Gasteiger partial charge is 0.393 e. The van der Waals surface area contributed by atoms with Gasteiger partial charge >= 0.3 is 47.8 Å². The highest BCUT2D eigenvalue weighted by molar-refractivity contribution is 6.18. The highest BCUT2D eigenvalue weighted by Crippen LogP contribution is 2.83. The fraction of sp³-hybridized carbons (Fsp3) is 0.652. The number of cyclic esters (lactones) is 8. The number of carbonyl (C=O) groups excluding carboxylic acids is 8. The van der Waals surface area contributed by atoms with Crippen molar-refractivity contribution in [2.24, 2.45) is 45.3 Å². The molecule has 0 N–H and O–H groups in total. The summed E-state index contributed by atoms with van der Waals surface area (Å²) in [5.41, 5.74) is -5.41. The van der Waals surface area contributed by atoms with Crippen molar-refractivity contribution in [3.63, 3.8) is 0 Å². The summed E-state index contributed by atoms with van der Waals surface area (Å²) in [4.78, 5) is 93.1. The molecule has 188 valence electrons. The highest BCUT2D eigenvalue weighted by Gasteiger charge is 2.97. The van der Waals surface area contributed by atoms with Crippen LogP contribution in [0.25, 0.3) is 0 Å². The molecule has 0 aromatic carbocycles. The lowest BCUT2D eigenvalue weighted by atomic mass is 9.27. The predicted octanol–water partition coefficient (Wildman–Crippen LogP) is 0.240. The van der Waals surface area contributed by atoms with Crippen molar-refractivity contribution in [2.75, 3.05) is 0 Å². The van der Waals surface area contributed by atoms with E-state index in [0.717, 1.165) is 0 Å². The fourth-order valence-electron chi connectivity index (χ4n) is 6.89. The van der Waals surface area contributed by atoms with Crippen LogP contribution in [0.4, 0.5) is 0 Å². The molecule has 6 fully saturated rings. The fourth-order valence-corrected chi connectivity index (χ4v) is 6.89. The Morgan fingerprint density at radius 1 is 0.457 bits per heavy atom. The zero-order valence-electron chi connectivity index (χ0n) is 18.6. The number of ether oxygens (including phenoxy) is 4. The van der Waals surface area contributed by atoms with E-state index < -0.39 is 93.1 Å². The van der Waals surface area contributed by atoms with E-state index in [0.29, 0.717) is 0 Å². The van der Waals surface area contributed by atoms with Gasteiger partial charge in [0, 0.05) is 0 Å². The third-order valence-corrected chi connectivity index (χ3v) is 9.60. The van der Waals surface area contributed by atoms with E-state index in [4.69, 9.17) is 0 Å². The molecule has 0 spiro atoms. The molecule has 4 aliphatic heterocycles. The van der Waals surface area contributed by atoms with Crippen LogP contribution in [-0.2, 0) is 57.3 Å². The first-order valence-corrected chi connectivity index (χ1v) is 10.7. The van der Waals surface area contributed by atoms with E-state index in [2.05, 4.69) is 18.9 Å². The Kier molecular flexibility index (Phi) is 4.81. The van der Waals surface area contributed by atoms with Gasteiger partial charge in [0.05, 0.1) is 45.3 Å². The van der Waals surface area contributed by atoms with Crippen LogP contribution in [0.5, 0.6) is 0 Å². The molecule has 4 atom stereocenters. The van der Waals surface area contributed by atoms with E-state index in [9.17, 15) is 38.4 Å². The molecule has 4 saturated heterocycles. The molecule has 12 nitrogen and oxygen atoms in total. The summed E-state index contributed by atoms with van der Waals surface area (Å²) in [6, 6.07) is 0. The number of hydrogen-bond donors (Lipinski definition) is 0. The minimum absolute atomic E-state index is 0. The summed E-state index contributed by atoms with van der Waals surface area (Å²) >= 11 is 0. The van der Waals surface area contributed by atoms with Crippen LogP contribution in [0.15, 0.2) is 0 Å². The van der Waals surface area contributed by atoms with Crippen LogP contribution < -0.4 is 0 Å². The second kappa shape index (κ2) is 6.82. The number of rotatable bonds is 0. The lowest BCUT2D eigenvalue weighted by molar-refractivity contribution is -0.243. The molecule has 0 amide bonds. The zero-order valence-corrected chi connectivity index (χ0v) is 18.6. The number of fused-ring (bicyclic) bond motifs is 6. The topological polar surface area (TPSA) is 173 Å². The summed E-state index contributed by atoms with van der Waals surface area (Å²) in [7, 11) is 0. The average Bonchev–Trinajstić information content (AvgIpc) is 3.34. The molecule has 6 rings (SSSR count). The van der Waals surface area contributed by atoms with Crippen molar-refractivity contribution in [1.29, 1.82) is 0 Å². The van der Waals surface area contributed by atoms with Gasteiger partial charge in [-0.15, -0.1) is 0 Å². The van der Waals surface area contributed by atoms with E-state index in [-0.39, 0.29) is 20.3 Å². The molecule has 2 aliphatic carbocycles. The molecule has 4 unspecified atom stereocenters. The average molecular weight is 492 g/mol. The van der Waals surface area contributed by atoms with E-state index >= 15 is 0 Å². The maximum absolute atomic E-state index is 12.0. The minimum Gasteiger partial charge on any atom is -0.393 e. The lowest BCUT2D eigenvalue weighted by Gasteiger charge is -2.65. The van der Waals surface area contributed by atoms with Gasteiger partial charge in [0.25, 0.3) is 0 Å². The van der Waals surface area contributed by atoms with Gasteiger partial charge in [0.1, 0.15) is 0 Å². The van der Waals surface area contributed by atoms with Crippen LogP contribution in [0.1, 0.15) is 48.0 Å². The molecule has 4 heterocycles. The molecular formula is C23H24O12. The molecule has 0 aromatic rings. The number of hydrogen-bond acceptors (Lipinski definition) is 12. The Morgan fingerprint density at radius 3 is 0.857 bits per heavy atom. The standard InChI is InChI=1S/C12H12O6.C10H8O6.CH4/c1-9-5(13)17-6(14)10(9,2)12(4)8(16)18-7(15)11(9,12)3;11-7-3-1-4-6(10(14)16-8(4)12)2-5(3)9(13)15-7;/h1-4H3;3-6H,1-2H2;1H4. The van der Waals surface area contributed by atoms with Crippen molar-refractivity contribution in [3.05, 3.63) is 0 Å². The van der Waals surface area contributed by atoms with Crippen LogP contribution in [0.2, 0.25) is 0 Å². The zero-order chi connectivity index (χ0) is 25.2. The lowest BCUT2D eigenvalue weighted by Crippen LogP contribution is -2.77. The molecular weight excluding hydrogens is 468 g/mol. The maximum atomic E-state index is 12.0. The SMILES string of the molecule is C.CC12C(=O)OC(=O)C1(C)C1(C)C(=O)OC(=O)C21C.O=C1OC(=O)C2CC3C(=O)OC(=O)C3CC12. The van der Waals surface area contributed by atoms with Crippen molar-refractivity contribution in [2.45, 2.75) is 48.0 Å². The predicted molar refractivity (Wildman–Crippen MR) is 107 cm³/mol. The van der Waals surface area contributed by atoms with E-state index in [1.54, 1.807) is 0 Å². The highest BCUT2D eigenvalue weighted by atomic mass is 16.6. The first kappa shape index (κ1) is 24.7. The molecule has 6 aliphatic rings. The Labute approximate surface area is 198 Å². The van der Waals surface area contributed by atoms with Crippen LogP contribution in [0, 0.1) is 45.3 Å². The summed E-state index contributed by atoms with van der Waals surface area (Å²) in [6.07, 6.45) is 0.370. The van der Waals surface area contributed by atoms with Crippen molar-refractivity contribution in [3.8, 4) is 0 Å². The van der Waals surface area contributed by atoms with Crippen LogP contribution >= 0.6 is 0 Å². The van der Waals surface area contributed by atoms with Gasteiger partial charge in [-0.2, -0.15) is 0 Å². The van der Waals surface area contributed by atoms with E-state index in [1.165, 1.54) is 27.7 Å². The van der Waals surface area contributed by atoms with Gasteiger partial charge in [0.15, 0.2) is 0 Å². The van der Waals surface area contributed by atoms with Crippen molar-refractivity contribution in [1.82, 2.24) is 0 Å². The Hall–Kier alpha value is -3.44. The van der Waals surface area contributed by atoms with Gasteiger partial charge in [-0.3, -0.25) is 38.4 Å². The second-order valence-corrected chi connectivity index (χ2v) is 10.2. The van der Waals surface area contributed by atoms with Crippen molar-refractivity contribution >= 4 is 47.8 Å². The third-order valence-electron chi connectivity index (χ3n) is 9.60. The van der Waals surface area contributed by atoms with Gasteiger partial charge in [-0.05, 0) is 40.5 Å². The molecule has 0 radical (unpaired) electrons. The molecule has 12 heteroatoms. The first-order valence-electron chi connectivity index (χ1n) is 10.7.